The van der Waals surface area contributed by atoms with Gasteiger partial charge >= 0.3 is 11.9 Å². The molecular weight excluding hydrogens is 496 g/mol. The lowest BCUT2D eigenvalue weighted by atomic mass is 9.37. The first-order valence-electron chi connectivity index (χ1n) is 14.1. The Balaban J connectivity index is 1.65. The van der Waals surface area contributed by atoms with E-state index in [-0.39, 0.29) is 23.6 Å². The zero-order chi connectivity index (χ0) is 28.7. The summed E-state index contributed by atoms with van der Waals surface area (Å²) in [5, 5.41) is 12.1. The molecule has 0 aromatic heterocycles. The highest BCUT2D eigenvalue weighted by molar-refractivity contribution is 5.96. The van der Waals surface area contributed by atoms with Gasteiger partial charge in [0.1, 0.15) is 6.10 Å². The number of carbonyl (C=O) groups excluding carboxylic acids is 3. The molecule has 0 aromatic carbocycles. The van der Waals surface area contributed by atoms with Crippen LogP contribution >= 0.6 is 0 Å². The fourth-order valence-electron chi connectivity index (χ4n) is 9.32. The van der Waals surface area contributed by atoms with Gasteiger partial charge in [0, 0.05) is 41.4 Å². The van der Waals surface area contributed by atoms with Gasteiger partial charge in [-0.05, 0) is 62.0 Å². The smallest absolute Gasteiger partial charge is 0.336 e. The van der Waals surface area contributed by atoms with Crippen LogP contribution in [0.2, 0.25) is 0 Å². The summed E-state index contributed by atoms with van der Waals surface area (Å²) < 4.78 is 16.9. The predicted octanol–water partition coefficient (Wildman–Crippen LogP) is 4.85. The molecule has 7 heteroatoms. The van der Waals surface area contributed by atoms with Gasteiger partial charge in [-0.1, -0.05) is 57.9 Å². The summed E-state index contributed by atoms with van der Waals surface area (Å²) >= 11 is 0. The van der Waals surface area contributed by atoms with Crippen molar-refractivity contribution in [1.29, 1.82) is 0 Å². The first-order valence-corrected chi connectivity index (χ1v) is 14.1. The fraction of sp³-hybridized carbons (Fsp3) is 0.656. The number of carbonyl (C=O) groups is 3. The lowest BCUT2D eigenvalue weighted by Gasteiger charge is -2.67. The number of cyclic esters (lactones) is 1. The number of ketones is 1. The molecule has 7 nitrogen and oxygen atoms in total. The average molecular weight is 539 g/mol. The van der Waals surface area contributed by atoms with Crippen LogP contribution in [0, 0.1) is 39.4 Å². The molecule has 1 unspecified atom stereocenters. The van der Waals surface area contributed by atoms with Crippen molar-refractivity contribution in [2.45, 2.75) is 86.2 Å². The van der Waals surface area contributed by atoms with E-state index < -0.39 is 52.0 Å². The third-order valence-corrected chi connectivity index (χ3v) is 10.9. The Morgan fingerprint density at radius 3 is 2.46 bits per heavy atom. The van der Waals surface area contributed by atoms with E-state index in [1.165, 1.54) is 13.2 Å². The Morgan fingerprint density at radius 2 is 1.85 bits per heavy atom. The van der Waals surface area contributed by atoms with Crippen LogP contribution in [-0.4, -0.2) is 48.4 Å². The zero-order valence-electron chi connectivity index (χ0n) is 24.4. The molecule has 2 fully saturated rings. The van der Waals surface area contributed by atoms with E-state index in [1.54, 1.807) is 12.2 Å². The first kappa shape index (κ1) is 28.0. The van der Waals surface area contributed by atoms with E-state index in [0.717, 1.165) is 24.0 Å². The average Bonchev–Trinajstić information content (AvgIpc) is 3.38. The van der Waals surface area contributed by atoms with Crippen molar-refractivity contribution in [2.24, 2.45) is 39.4 Å². The SMILES string of the molecule is COC1C=C([C@@H]2CC=C3[C@]4(C)[C@H](OC(=O)C=C(C)C)[C@H](O)[C@H]5C(C)(C)C(=O)C=C[C@]5(C)[C@H]4CC[C@]32C)C(=O)O1. The van der Waals surface area contributed by atoms with Crippen molar-refractivity contribution in [3.8, 4) is 0 Å². The van der Waals surface area contributed by atoms with Gasteiger partial charge < -0.3 is 19.3 Å². The zero-order valence-corrected chi connectivity index (χ0v) is 24.4. The van der Waals surface area contributed by atoms with Crippen molar-refractivity contribution in [3.63, 3.8) is 0 Å². The maximum Gasteiger partial charge on any atom is 0.336 e. The van der Waals surface area contributed by atoms with Crippen LogP contribution in [0.1, 0.15) is 67.7 Å². The summed E-state index contributed by atoms with van der Waals surface area (Å²) in [6.07, 6.45) is 8.77. The highest BCUT2D eigenvalue weighted by Gasteiger charge is 2.71. The van der Waals surface area contributed by atoms with Crippen molar-refractivity contribution in [2.75, 3.05) is 7.11 Å². The number of rotatable bonds is 4. The number of aliphatic hydroxyl groups excluding tert-OH is 1. The summed E-state index contributed by atoms with van der Waals surface area (Å²) in [6, 6.07) is 0. The number of hydrogen-bond donors (Lipinski definition) is 1. The molecule has 0 radical (unpaired) electrons. The molecule has 0 saturated heterocycles. The van der Waals surface area contributed by atoms with E-state index in [9.17, 15) is 19.5 Å². The Morgan fingerprint density at radius 1 is 1.15 bits per heavy atom. The molecule has 2 saturated carbocycles. The second-order valence-corrected chi connectivity index (χ2v) is 13.7. The normalized spacial score (nSPS) is 43.9. The molecule has 5 aliphatic rings. The van der Waals surface area contributed by atoms with Crippen molar-refractivity contribution in [3.05, 3.63) is 47.1 Å². The highest BCUT2D eigenvalue weighted by Crippen LogP contribution is 2.72. The van der Waals surface area contributed by atoms with Crippen molar-refractivity contribution in [1.82, 2.24) is 0 Å². The van der Waals surface area contributed by atoms with E-state index >= 15 is 0 Å². The summed E-state index contributed by atoms with van der Waals surface area (Å²) in [7, 11) is 1.51. The molecule has 1 aliphatic heterocycles. The predicted molar refractivity (Wildman–Crippen MR) is 145 cm³/mol. The molecule has 5 rings (SSSR count). The minimum atomic E-state index is -1.06. The number of methoxy groups -OCH3 is 1. The van der Waals surface area contributed by atoms with Crippen LogP contribution in [0.25, 0.3) is 0 Å². The molecule has 1 heterocycles. The van der Waals surface area contributed by atoms with E-state index in [4.69, 9.17) is 14.2 Å². The molecule has 0 aromatic rings. The van der Waals surface area contributed by atoms with Gasteiger partial charge in [0.25, 0.3) is 0 Å². The molecule has 0 spiro atoms. The Kier molecular flexibility index (Phi) is 6.47. The lowest BCUT2D eigenvalue weighted by molar-refractivity contribution is -0.227. The van der Waals surface area contributed by atoms with Gasteiger partial charge in [-0.3, -0.25) is 4.79 Å². The van der Waals surface area contributed by atoms with Gasteiger partial charge in [-0.25, -0.2) is 9.59 Å². The number of ether oxygens (including phenoxy) is 3. The number of aliphatic hydroxyl groups is 1. The molecule has 4 aliphatic carbocycles. The monoisotopic (exact) mass is 538 g/mol. The lowest BCUT2D eigenvalue weighted by Crippen LogP contribution is -2.70. The third-order valence-electron chi connectivity index (χ3n) is 10.9. The van der Waals surface area contributed by atoms with Crippen LogP contribution in [0.15, 0.2) is 47.1 Å². The van der Waals surface area contributed by atoms with Crippen molar-refractivity contribution < 1.29 is 33.7 Å². The van der Waals surface area contributed by atoms with Gasteiger partial charge in [0.05, 0.1) is 6.10 Å². The Labute approximate surface area is 231 Å². The van der Waals surface area contributed by atoms with Crippen LogP contribution in [0.5, 0.6) is 0 Å². The number of allylic oxidation sites excluding steroid dienone is 4. The van der Waals surface area contributed by atoms with Crippen LogP contribution in [0.3, 0.4) is 0 Å². The van der Waals surface area contributed by atoms with Crippen LogP contribution in [0.4, 0.5) is 0 Å². The van der Waals surface area contributed by atoms with Crippen molar-refractivity contribution >= 4 is 17.7 Å². The van der Waals surface area contributed by atoms with Gasteiger partial charge in [-0.15, -0.1) is 0 Å². The minimum absolute atomic E-state index is 0.000774. The second-order valence-electron chi connectivity index (χ2n) is 13.7. The maximum atomic E-state index is 13.1. The molecule has 0 bridgehead atoms. The van der Waals surface area contributed by atoms with Gasteiger partial charge in [0.15, 0.2) is 5.78 Å². The Bertz CT molecular complexity index is 1230. The van der Waals surface area contributed by atoms with Crippen LogP contribution in [-0.2, 0) is 28.6 Å². The largest absolute Gasteiger partial charge is 0.455 e. The molecule has 212 valence electrons. The summed E-state index contributed by atoms with van der Waals surface area (Å²) in [5.74, 6) is -1.40. The van der Waals surface area contributed by atoms with E-state index in [0.29, 0.717) is 12.0 Å². The molecule has 39 heavy (non-hydrogen) atoms. The standard InChI is InChI=1S/C32H42O7/c1-17(2)15-23(34)38-27-25(35)26-29(3,4)22(33)12-14-31(26,6)21-11-13-30(5)19(9-10-20(30)32(21,27)7)18-16-24(37-8)39-28(18)36/h10,12,14-16,19,21,24-27,35H,9,11,13H2,1-8H3/t19-,21+,24?,25+,26-,27+,30-,31+,32-/m0/s1. The number of esters is 2. The Hall–Kier alpha value is -2.51. The molecular formula is C32H42O7. The highest BCUT2D eigenvalue weighted by atomic mass is 16.7. The third kappa shape index (κ3) is 3.79. The van der Waals surface area contributed by atoms with Gasteiger partial charge in [0.2, 0.25) is 6.29 Å². The molecule has 0 amide bonds. The topological polar surface area (TPSA) is 99.1 Å². The number of hydrogen-bond acceptors (Lipinski definition) is 7. The van der Waals surface area contributed by atoms with Crippen LogP contribution < -0.4 is 0 Å². The summed E-state index contributed by atoms with van der Waals surface area (Å²) in [4.78, 5) is 39.1. The second kappa shape index (κ2) is 9.00. The number of fused-ring (bicyclic) bond motifs is 5. The molecule has 1 N–H and O–H groups in total. The van der Waals surface area contributed by atoms with E-state index in [2.05, 4.69) is 26.8 Å². The van der Waals surface area contributed by atoms with E-state index in [1.807, 2.05) is 33.8 Å². The maximum absolute atomic E-state index is 13.1. The van der Waals surface area contributed by atoms with Gasteiger partial charge in [-0.2, -0.15) is 0 Å². The first-order chi connectivity index (χ1) is 18.1. The minimum Gasteiger partial charge on any atom is -0.455 e. The molecule has 9 atom stereocenters. The summed E-state index contributed by atoms with van der Waals surface area (Å²) in [6.45, 7) is 13.9. The quantitative estimate of drug-likeness (QED) is 0.310. The fourth-order valence-corrected chi connectivity index (χ4v) is 9.32. The summed E-state index contributed by atoms with van der Waals surface area (Å²) in [5.41, 5.74) is 0.0999.